The van der Waals surface area contributed by atoms with E-state index < -0.39 is 17.2 Å². The molecule has 2 amide bonds. The van der Waals surface area contributed by atoms with E-state index in [0.717, 1.165) is 11.1 Å². The zero-order valence-corrected chi connectivity index (χ0v) is 23.3. The third-order valence-electron chi connectivity index (χ3n) is 5.27. The molecule has 0 bridgehead atoms. The number of benzene rings is 1. The van der Waals surface area contributed by atoms with Gasteiger partial charge in [0.1, 0.15) is 29.8 Å². The number of thiazole rings is 1. The number of carbonyl (C=O) groups is 2. The number of anilines is 1. The molecule has 0 aliphatic rings. The summed E-state index contributed by atoms with van der Waals surface area (Å²) in [6.07, 6.45) is 3.28. The van der Waals surface area contributed by atoms with Gasteiger partial charge in [-0.05, 0) is 75.4 Å². The van der Waals surface area contributed by atoms with Gasteiger partial charge in [-0.1, -0.05) is 19.9 Å². The number of ether oxygens (including phenoxy) is 2. The van der Waals surface area contributed by atoms with E-state index in [-0.39, 0.29) is 18.4 Å². The van der Waals surface area contributed by atoms with Crippen molar-refractivity contribution in [2.24, 2.45) is 5.92 Å². The molecule has 1 aromatic carbocycles. The first-order valence-electron chi connectivity index (χ1n) is 12.2. The number of pyridine rings is 1. The first kappa shape index (κ1) is 28.6. The van der Waals surface area contributed by atoms with Gasteiger partial charge in [-0.25, -0.2) is 14.8 Å². The Kier molecular flexibility index (Phi) is 9.07. The summed E-state index contributed by atoms with van der Waals surface area (Å²) < 4.78 is 11.5. The number of nitrogens with one attached hydrogen (secondary N) is 2. The van der Waals surface area contributed by atoms with Gasteiger partial charge < -0.3 is 20.1 Å². The lowest BCUT2D eigenvalue weighted by Crippen LogP contribution is -2.52. The third kappa shape index (κ3) is 8.28. The zero-order chi connectivity index (χ0) is 27.9. The maximum atomic E-state index is 12.5. The summed E-state index contributed by atoms with van der Waals surface area (Å²) >= 11 is 1.24. The van der Waals surface area contributed by atoms with Crippen LogP contribution in [-0.2, 0) is 4.74 Å². The fraction of sp³-hybridized carbons (Fsp3) is 0.393. The van der Waals surface area contributed by atoms with Crippen LogP contribution in [0.15, 0.2) is 48.1 Å². The molecule has 0 spiro atoms. The molecule has 38 heavy (non-hydrogen) atoms. The lowest BCUT2D eigenvalue weighted by Gasteiger charge is -2.33. The quantitative estimate of drug-likeness (QED) is 0.342. The van der Waals surface area contributed by atoms with Gasteiger partial charge in [0.05, 0.1) is 11.1 Å². The van der Waals surface area contributed by atoms with E-state index in [1.807, 2.05) is 33.8 Å². The predicted octanol–water partition coefficient (Wildman–Crippen LogP) is 6.04. The Morgan fingerprint density at radius 3 is 2.45 bits per heavy atom. The number of carbonyl (C=O) groups excluding carboxylic acids is 2. The first-order valence-corrected chi connectivity index (χ1v) is 13.1. The molecule has 1 atom stereocenters. The first-order chi connectivity index (χ1) is 17.9. The van der Waals surface area contributed by atoms with E-state index >= 15 is 0 Å². The van der Waals surface area contributed by atoms with E-state index in [1.54, 1.807) is 42.0 Å². The Hall–Kier alpha value is -3.97. The number of hydrogen-bond acceptors (Lipinski definition) is 8. The lowest BCUT2D eigenvalue weighted by molar-refractivity contribution is 0.0408. The largest absolute Gasteiger partial charge is 0.490 e. The minimum Gasteiger partial charge on any atom is -0.490 e. The molecule has 0 saturated carbocycles. The number of nitriles is 1. The number of aromatic nitrogens is 2. The van der Waals surface area contributed by atoms with Crippen LogP contribution in [-0.4, -0.2) is 39.7 Å². The van der Waals surface area contributed by atoms with Crippen LogP contribution in [0, 0.1) is 17.2 Å². The number of hydrogen-bond donors (Lipinski definition) is 2. The summed E-state index contributed by atoms with van der Waals surface area (Å²) in [6.45, 7) is 11.6. The second-order valence-electron chi connectivity index (χ2n) is 10.6. The average molecular weight is 536 g/mol. The molecule has 3 rings (SSSR count). The average Bonchev–Trinajstić information content (AvgIpc) is 3.36. The van der Waals surface area contributed by atoms with E-state index in [1.165, 1.54) is 11.3 Å². The van der Waals surface area contributed by atoms with Crippen LogP contribution in [0.25, 0.3) is 11.1 Å². The van der Waals surface area contributed by atoms with Crippen molar-refractivity contribution in [3.05, 3.63) is 58.7 Å². The predicted molar refractivity (Wildman–Crippen MR) is 147 cm³/mol. The molecule has 0 fully saturated rings. The Morgan fingerprint density at radius 2 is 1.82 bits per heavy atom. The van der Waals surface area contributed by atoms with Crippen molar-refractivity contribution in [2.45, 2.75) is 59.1 Å². The SMILES string of the molecule is CC(C)C[C@@](C)(COc1ccc(-c2ccnc(NC(=O)c3nccs3)c2)cc1C#N)NC(=O)OC(C)(C)C. The van der Waals surface area contributed by atoms with Crippen LogP contribution in [0.2, 0.25) is 0 Å². The molecule has 0 saturated heterocycles. The number of alkyl carbamates (subject to hydrolysis) is 1. The van der Waals surface area contributed by atoms with Gasteiger partial charge >= 0.3 is 6.09 Å². The smallest absolute Gasteiger partial charge is 0.408 e. The van der Waals surface area contributed by atoms with Crippen LogP contribution in [0.4, 0.5) is 10.6 Å². The third-order valence-corrected chi connectivity index (χ3v) is 6.04. The van der Waals surface area contributed by atoms with Crippen LogP contribution < -0.4 is 15.4 Å². The summed E-state index contributed by atoms with van der Waals surface area (Å²) in [5.74, 6) is 0.728. The van der Waals surface area contributed by atoms with Crippen molar-refractivity contribution in [2.75, 3.05) is 11.9 Å². The van der Waals surface area contributed by atoms with Crippen molar-refractivity contribution in [1.82, 2.24) is 15.3 Å². The molecule has 0 aliphatic heterocycles. The van der Waals surface area contributed by atoms with Crippen LogP contribution >= 0.6 is 11.3 Å². The fourth-order valence-corrected chi connectivity index (χ4v) is 4.47. The molecule has 10 heteroatoms. The van der Waals surface area contributed by atoms with Gasteiger partial charge in [-0.2, -0.15) is 5.26 Å². The topological polar surface area (TPSA) is 126 Å². The molecule has 9 nitrogen and oxygen atoms in total. The highest BCUT2D eigenvalue weighted by Crippen LogP contribution is 2.29. The van der Waals surface area contributed by atoms with E-state index in [0.29, 0.717) is 28.6 Å². The summed E-state index contributed by atoms with van der Waals surface area (Å²) in [5.41, 5.74) is 0.546. The van der Waals surface area contributed by atoms with Crippen LogP contribution in [0.5, 0.6) is 5.75 Å². The van der Waals surface area contributed by atoms with Crippen molar-refractivity contribution in [3.63, 3.8) is 0 Å². The van der Waals surface area contributed by atoms with Crippen LogP contribution in [0.3, 0.4) is 0 Å². The summed E-state index contributed by atoms with van der Waals surface area (Å²) in [6, 6.07) is 11.0. The van der Waals surface area contributed by atoms with Gasteiger partial charge in [0.15, 0.2) is 5.01 Å². The number of amides is 2. The van der Waals surface area contributed by atoms with Gasteiger partial charge in [-0.15, -0.1) is 11.3 Å². The molecule has 0 radical (unpaired) electrons. The number of rotatable bonds is 9. The minimum absolute atomic E-state index is 0.153. The molecule has 3 aromatic rings. The normalized spacial score (nSPS) is 12.8. The lowest BCUT2D eigenvalue weighted by atomic mass is 9.91. The zero-order valence-electron chi connectivity index (χ0n) is 22.5. The molecule has 2 heterocycles. The molecule has 200 valence electrons. The molecule has 0 unspecified atom stereocenters. The molecular formula is C28H33N5O4S. The van der Waals surface area contributed by atoms with Crippen molar-refractivity contribution in [1.29, 1.82) is 5.26 Å². The maximum Gasteiger partial charge on any atom is 0.408 e. The second kappa shape index (κ2) is 12.0. The highest BCUT2D eigenvalue weighted by molar-refractivity contribution is 7.11. The van der Waals surface area contributed by atoms with Crippen molar-refractivity contribution < 1.29 is 19.1 Å². The molecule has 2 aromatic heterocycles. The maximum absolute atomic E-state index is 12.5. The molecule has 2 N–H and O–H groups in total. The second-order valence-corrected chi connectivity index (χ2v) is 11.5. The highest BCUT2D eigenvalue weighted by atomic mass is 32.1. The minimum atomic E-state index is -0.711. The van der Waals surface area contributed by atoms with E-state index in [9.17, 15) is 14.9 Å². The van der Waals surface area contributed by atoms with E-state index in [2.05, 4.69) is 40.5 Å². The Balaban J connectivity index is 1.76. The van der Waals surface area contributed by atoms with Crippen molar-refractivity contribution in [3.8, 4) is 22.9 Å². The summed E-state index contributed by atoms with van der Waals surface area (Å²) in [5, 5.41) is 17.6. The Labute approximate surface area is 227 Å². The standard InChI is InChI=1S/C28H33N5O4S/c1-18(2)15-28(6,33-26(35)37-27(3,4)5)17-36-22-8-7-19(13-21(22)16-29)20-9-10-30-23(14-20)32-24(34)25-31-11-12-38-25/h7-14,18H,15,17H2,1-6H3,(H,33,35)(H,30,32,34)/t28-/m0/s1. The van der Waals surface area contributed by atoms with Gasteiger partial charge in [-0.3, -0.25) is 4.79 Å². The van der Waals surface area contributed by atoms with Gasteiger partial charge in [0.2, 0.25) is 0 Å². The Morgan fingerprint density at radius 1 is 1.08 bits per heavy atom. The molecule has 0 aliphatic carbocycles. The fourth-order valence-electron chi connectivity index (χ4n) is 3.94. The Bertz CT molecular complexity index is 1310. The van der Waals surface area contributed by atoms with Crippen LogP contribution in [0.1, 0.15) is 63.3 Å². The summed E-state index contributed by atoms with van der Waals surface area (Å²) in [7, 11) is 0. The summed E-state index contributed by atoms with van der Waals surface area (Å²) in [4.78, 5) is 33.0. The molecular weight excluding hydrogens is 502 g/mol. The highest BCUT2D eigenvalue weighted by Gasteiger charge is 2.31. The van der Waals surface area contributed by atoms with Gasteiger partial charge in [0, 0.05) is 17.8 Å². The van der Waals surface area contributed by atoms with Crippen molar-refractivity contribution >= 4 is 29.2 Å². The van der Waals surface area contributed by atoms with E-state index in [4.69, 9.17) is 9.47 Å². The van der Waals surface area contributed by atoms with Gasteiger partial charge in [0.25, 0.3) is 5.91 Å². The monoisotopic (exact) mass is 535 g/mol. The number of nitrogens with zero attached hydrogens (tertiary/aromatic N) is 3.